The van der Waals surface area contributed by atoms with Crippen molar-refractivity contribution in [2.24, 2.45) is 0 Å². The zero-order chi connectivity index (χ0) is 18.5. The molecular weight excluding hydrogens is 352 g/mol. The monoisotopic (exact) mass is 370 g/mol. The first kappa shape index (κ1) is 17.7. The predicted octanol–water partition coefficient (Wildman–Crippen LogP) is 3.48. The minimum atomic E-state index is -0.379. The van der Waals surface area contributed by atoms with Gasteiger partial charge in [-0.15, -0.1) is 0 Å². The Bertz CT molecular complexity index is 936. The molecule has 2 heterocycles. The number of pyridine rings is 1. The van der Waals surface area contributed by atoms with Crippen LogP contribution in [-0.2, 0) is 0 Å². The number of nitrogens with zero attached hydrogens (tertiary/aromatic N) is 4. The Hall–Kier alpha value is -3.07. The zero-order valence-electron chi connectivity index (χ0n) is 14.3. The van der Waals surface area contributed by atoms with Gasteiger partial charge in [0.05, 0.1) is 13.3 Å². The van der Waals surface area contributed by atoms with Crippen molar-refractivity contribution in [2.45, 2.75) is 6.92 Å². The van der Waals surface area contributed by atoms with E-state index in [1.165, 1.54) is 10.5 Å². The van der Waals surface area contributed by atoms with E-state index in [1.807, 2.05) is 31.2 Å². The largest absolute Gasteiger partial charge is 0.497 e. The second kappa shape index (κ2) is 7.87. The molecule has 2 aromatic heterocycles. The minimum absolute atomic E-state index is 0.307. The van der Waals surface area contributed by atoms with Gasteiger partial charge in [0, 0.05) is 18.3 Å². The Morgan fingerprint density at radius 3 is 2.81 bits per heavy atom. The first-order chi connectivity index (χ1) is 12.6. The molecule has 0 atom stereocenters. The minimum Gasteiger partial charge on any atom is -0.497 e. The van der Waals surface area contributed by atoms with Gasteiger partial charge in [0.2, 0.25) is 0 Å². The first-order valence-corrected chi connectivity index (χ1v) is 8.31. The summed E-state index contributed by atoms with van der Waals surface area (Å²) in [6.07, 6.45) is 1.48. The number of carbonyl (C=O) groups is 1. The maximum absolute atomic E-state index is 11.9. The Morgan fingerprint density at radius 2 is 2.04 bits per heavy atom. The smallest absolute Gasteiger partial charge is 0.332 e. The van der Waals surface area contributed by atoms with Crippen LogP contribution in [0.5, 0.6) is 5.75 Å². The number of hydrogen-bond donors (Lipinski definition) is 3. The normalized spacial score (nSPS) is 10.4. The highest BCUT2D eigenvalue weighted by molar-refractivity contribution is 7.78. The lowest BCUT2D eigenvalue weighted by Gasteiger charge is -2.13. The molecule has 8 nitrogen and oxygen atoms in total. The molecule has 0 aliphatic rings. The van der Waals surface area contributed by atoms with Crippen LogP contribution in [0, 0.1) is 0 Å². The van der Waals surface area contributed by atoms with Crippen molar-refractivity contribution >= 4 is 47.3 Å². The Balaban J connectivity index is 1.83. The molecule has 134 valence electrons. The summed E-state index contributed by atoms with van der Waals surface area (Å²) in [5.41, 5.74) is 1.87. The number of urea groups is 1. The van der Waals surface area contributed by atoms with Crippen LogP contribution in [0.2, 0.25) is 0 Å². The molecule has 0 saturated heterocycles. The van der Waals surface area contributed by atoms with Crippen molar-refractivity contribution in [3.05, 3.63) is 42.6 Å². The fourth-order valence-corrected chi connectivity index (χ4v) is 2.24. The summed E-state index contributed by atoms with van der Waals surface area (Å²) in [6.45, 7) is 2.28. The van der Waals surface area contributed by atoms with Crippen LogP contribution in [-0.4, -0.2) is 38.9 Å². The van der Waals surface area contributed by atoms with Gasteiger partial charge in [-0.2, -0.15) is 0 Å². The number of amides is 2. The molecule has 9 heteroatoms. The molecule has 3 aromatic rings. The van der Waals surface area contributed by atoms with Crippen molar-refractivity contribution in [3.63, 3.8) is 0 Å². The van der Waals surface area contributed by atoms with Crippen molar-refractivity contribution < 1.29 is 9.53 Å². The number of aromatic nitrogens is 3. The number of benzene rings is 1. The Kier molecular flexibility index (Phi) is 5.37. The Labute approximate surface area is 156 Å². The van der Waals surface area contributed by atoms with E-state index in [1.54, 1.807) is 19.2 Å². The quantitative estimate of drug-likeness (QED) is 0.596. The fraction of sp³-hybridized carbons (Fsp3) is 0.176. The summed E-state index contributed by atoms with van der Waals surface area (Å²) in [7, 11) is 1.61. The molecule has 2 N–H and O–H groups in total. The van der Waals surface area contributed by atoms with Crippen LogP contribution in [0.4, 0.5) is 22.1 Å². The van der Waals surface area contributed by atoms with Gasteiger partial charge >= 0.3 is 6.03 Å². The van der Waals surface area contributed by atoms with Crippen molar-refractivity contribution in [2.75, 3.05) is 24.3 Å². The number of fused-ring (bicyclic) bond motifs is 1. The van der Waals surface area contributed by atoms with E-state index in [0.29, 0.717) is 29.3 Å². The highest BCUT2D eigenvalue weighted by Crippen LogP contribution is 2.21. The van der Waals surface area contributed by atoms with Crippen molar-refractivity contribution in [1.82, 2.24) is 19.3 Å². The summed E-state index contributed by atoms with van der Waals surface area (Å²) >= 11 is 4.05. The maximum atomic E-state index is 11.9. The van der Waals surface area contributed by atoms with Gasteiger partial charge in [0.15, 0.2) is 11.5 Å². The second-order valence-corrected chi connectivity index (χ2v) is 5.78. The number of anilines is 3. The van der Waals surface area contributed by atoms with Gasteiger partial charge in [-0.05, 0) is 31.2 Å². The van der Waals surface area contributed by atoms with Crippen LogP contribution in [0.25, 0.3) is 11.2 Å². The van der Waals surface area contributed by atoms with E-state index in [9.17, 15) is 4.79 Å². The molecule has 0 aliphatic carbocycles. The molecule has 2 amide bonds. The third-order valence-corrected chi connectivity index (χ3v) is 3.98. The SMILES string of the molecule is CCN(S)C(=O)Nc1cnc2ccc(Nc3cccc(OC)c3)nc2n1. The lowest BCUT2D eigenvalue weighted by Crippen LogP contribution is -2.27. The van der Waals surface area contributed by atoms with E-state index in [-0.39, 0.29) is 6.03 Å². The number of hydrogen-bond acceptors (Lipinski definition) is 7. The lowest BCUT2D eigenvalue weighted by molar-refractivity contribution is 0.240. The highest BCUT2D eigenvalue weighted by atomic mass is 32.1. The lowest BCUT2D eigenvalue weighted by atomic mass is 10.3. The number of methoxy groups -OCH3 is 1. The number of rotatable bonds is 5. The molecule has 26 heavy (non-hydrogen) atoms. The predicted molar refractivity (Wildman–Crippen MR) is 104 cm³/mol. The topological polar surface area (TPSA) is 92.3 Å². The highest BCUT2D eigenvalue weighted by Gasteiger charge is 2.10. The average molecular weight is 370 g/mol. The van der Waals surface area contributed by atoms with E-state index < -0.39 is 0 Å². The summed E-state index contributed by atoms with van der Waals surface area (Å²) in [5, 5.41) is 5.82. The summed E-state index contributed by atoms with van der Waals surface area (Å²) < 4.78 is 6.45. The summed E-state index contributed by atoms with van der Waals surface area (Å²) in [6, 6.07) is 10.7. The van der Waals surface area contributed by atoms with Crippen molar-refractivity contribution in [1.29, 1.82) is 0 Å². The fourth-order valence-electron chi connectivity index (χ4n) is 2.19. The van der Waals surface area contributed by atoms with Crippen LogP contribution in [0.15, 0.2) is 42.6 Å². The number of carbonyl (C=O) groups excluding carboxylic acids is 1. The van der Waals surface area contributed by atoms with E-state index in [4.69, 9.17) is 4.74 Å². The molecule has 1 aromatic carbocycles. The Morgan fingerprint density at radius 1 is 1.23 bits per heavy atom. The number of ether oxygens (including phenoxy) is 1. The van der Waals surface area contributed by atoms with Gasteiger partial charge in [0.25, 0.3) is 0 Å². The van der Waals surface area contributed by atoms with Crippen LogP contribution >= 0.6 is 12.8 Å². The van der Waals surface area contributed by atoms with E-state index in [0.717, 1.165) is 11.4 Å². The second-order valence-electron chi connectivity index (χ2n) is 5.30. The maximum Gasteiger partial charge on any atom is 0.332 e. The standard InChI is InChI=1S/C17H18N6O2S/c1-3-23(26)17(24)22-15-10-18-13-7-8-14(20-16(13)21-15)19-11-5-4-6-12(9-11)25-2/h4-10,26H,3H2,1-2H3,(H2,19,20,21,22,24). The number of nitrogens with one attached hydrogen (secondary N) is 2. The van der Waals surface area contributed by atoms with E-state index in [2.05, 4.69) is 38.4 Å². The molecule has 0 bridgehead atoms. The van der Waals surface area contributed by atoms with Crippen molar-refractivity contribution in [3.8, 4) is 5.75 Å². The van der Waals surface area contributed by atoms with Gasteiger partial charge in [-0.25, -0.2) is 19.7 Å². The molecule has 0 aliphatic heterocycles. The first-order valence-electron chi connectivity index (χ1n) is 7.91. The molecule has 0 radical (unpaired) electrons. The van der Waals surface area contributed by atoms with Crippen LogP contribution < -0.4 is 15.4 Å². The van der Waals surface area contributed by atoms with Gasteiger partial charge < -0.3 is 10.1 Å². The van der Waals surface area contributed by atoms with Crippen LogP contribution in [0.1, 0.15) is 6.92 Å². The van der Waals surface area contributed by atoms with Gasteiger partial charge in [0.1, 0.15) is 17.1 Å². The zero-order valence-corrected chi connectivity index (χ0v) is 15.2. The number of thiol groups is 1. The third kappa shape index (κ3) is 4.12. The molecular formula is C17H18N6O2S. The van der Waals surface area contributed by atoms with Gasteiger partial charge in [-0.1, -0.05) is 18.9 Å². The summed E-state index contributed by atoms with van der Waals surface area (Å²) in [4.78, 5) is 24.9. The summed E-state index contributed by atoms with van der Waals surface area (Å²) in [5.74, 6) is 1.65. The molecule has 0 fully saturated rings. The van der Waals surface area contributed by atoms with Gasteiger partial charge in [-0.3, -0.25) is 9.62 Å². The average Bonchev–Trinajstić information content (AvgIpc) is 2.67. The molecule has 0 spiro atoms. The molecule has 3 rings (SSSR count). The molecule has 0 unspecified atom stereocenters. The van der Waals surface area contributed by atoms with Crippen LogP contribution in [0.3, 0.4) is 0 Å². The third-order valence-electron chi connectivity index (χ3n) is 3.52. The molecule has 0 saturated carbocycles. The van der Waals surface area contributed by atoms with E-state index >= 15 is 0 Å².